The summed E-state index contributed by atoms with van der Waals surface area (Å²) in [5.41, 5.74) is 1.23. The number of para-hydroxylation sites is 1. The van der Waals surface area contributed by atoms with E-state index in [0.717, 1.165) is 5.39 Å². The van der Waals surface area contributed by atoms with Crippen LogP contribution in [0.25, 0.3) is 33.3 Å². The molecule has 3 aromatic heterocycles. The summed E-state index contributed by atoms with van der Waals surface area (Å²) < 4.78 is 0.145. The fourth-order valence-electron chi connectivity index (χ4n) is 2.34. The monoisotopic (exact) mass is 313 g/mol. The molecule has 10 heteroatoms. The molecular weight excluding hydrogens is 306 g/mol. The molecule has 4 aromatic rings. The van der Waals surface area contributed by atoms with Gasteiger partial charge in [-0.25, -0.2) is 9.89 Å². The van der Waals surface area contributed by atoms with Crippen LogP contribution in [0.4, 0.5) is 0 Å². The summed E-state index contributed by atoms with van der Waals surface area (Å²) >= 11 is 4.83. The summed E-state index contributed by atoms with van der Waals surface area (Å²) in [5.74, 6) is 0. The van der Waals surface area contributed by atoms with Gasteiger partial charge >= 0.3 is 5.69 Å². The Morgan fingerprint density at radius 1 is 1.05 bits per heavy atom. The molecule has 0 saturated heterocycles. The molecule has 3 heterocycles. The Morgan fingerprint density at radius 2 is 1.91 bits per heavy atom. The number of aromatic nitrogens is 7. The van der Waals surface area contributed by atoms with Crippen LogP contribution < -0.4 is 11.2 Å². The summed E-state index contributed by atoms with van der Waals surface area (Å²) in [6.45, 7) is 0. The minimum atomic E-state index is -0.555. The Labute approximate surface area is 125 Å². The highest BCUT2D eigenvalue weighted by Crippen LogP contribution is 2.28. The van der Waals surface area contributed by atoms with Gasteiger partial charge in [-0.2, -0.15) is 15.2 Å². The molecule has 1 aromatic carbocycles. The Balaban J connectivity index is 2.14. The number of H-pyrrole nitrogens is 4. The number of rotatable bonds is 1. The van der Waals surface area contributed by atoms with E-state index in [1.807, 2.05) is 6.07 Å². The molecule has 108 valence electrons. The number of benzene rings is 1. The molecule has 9 nitrogen and oxygen atoms in total. The fourth-order valence-corrected chi connectivity index (χ4v) is 2.48. The maximum atomic E-state index is 12.0. The smallest absolute Gasteiger partial charge is 0.337 e. The topological polar surface area (TPSA) is 136 Å². The number of nitrogens with zero attached hydrogens (tertiary/aromatic N) is 3. The van der Waals surface area contributed by atoms with Crippen molar-refractivity contribution in [2.75, 3.05) is 0 Å². The SMILES string of the molecule is O=c1nc2[nH]c3c(-c4n[nH]c(=S)[nH]c4=O)cccc3c2n[nH]1. The maximum Gasteiger partial charge on any atom is 0.363 e. The lowest BCUT2D eigenvalue weighted by molar-refractivity contribution is 0.932. The van der Waals surface area contributed by atoms with Gasteiger partial charge < -0.3 is 4.98 Å². The molecule has 0 aliphatic rings. The third-order valence-electron chi connectivity index (χ3n) is 3.23. The van der Waals surface area contributed by atoms with Crippen LogP contribution in [0.2, 0.25) is 0 Å². The first-order valence-corrected chi connectivity index (χ1v) is 6.61. The number of aromatic amines is 4. The Bertz CT molecular complexity index is 1200. The molecule has 0 saturated carbocycles. The molecule has 4 rings (SSSR count). The Morgan fingerprint density at radius 3 is 2.73 bits per heavy atom. The molecule has 0 spiro atoms. The van der Waals surface area contributed by atoms with E-state index in [9.17, 15) is 9.59 Å². The van der Waals surface area contributed by atoms with Gasteiger partial charge in [0, 0.05) is 10.9 Å². The third-order valence-corrected chi connectivity index (χ3v) is 3.42. The minimum absolute atomic E-state index is 0.145. The molecule has 0 amide bonds. The van der Waals surface area contributed by atoms with Crippen LogP contribution in [0, 0.1) is 4.77 Å². The first-order chi connectivity index (χ1) is 10.6. The summed E-state index contributed by atoms with van der Waals surface area (Å²) in [6, 6.07) is 5.30. The lowest BCUT2D eigenvalue weighted by Crippen LogP contribution is -2.13. The van der Waals surface area contributed by atoms with E-state index in [0.29, 0.717) is 22.2 Å². The van der Waals surface area contributed by atoms with Gasteiger partial charge in [0.25, 0.3) is 5.56 Å². The summed E-state index contributed by atoms with van der Waals surface area (Å²) in [6.07, 6.45) is 0. The van der Waals surface area contributed by atoms with Crippen LogP contribution in [0.15, 0.2) is 27.8 Å². The van der Waals surface area contributed by atoms with Crippen molar-refractivity contribution in [3.8, 4) is 11.3 Å². The summed E-state index contributed by atoms with van der Waals surface area (Å²) in [4.78, 5) is 32.6. The predicted octanol–water partition coefficient (Wildman–Crippen LogP) is 0.607. The molecule has 0 bridgehead atoms. The van der Waals surface area contributed by atoms with Gasteiger partial charge in [-0.15, -0.1) is 0 Å². The number of hydrogen-bond donors (Lipinski definition) is 4. The quantitative estimate of drug-likeness (QED) is 0.380. The van der Waals surface area contributed by atoms with Gasteiger partial charge in [0.2, 0.25) is 0 Å². The third kappa shape index (κ3) is 1.78. The van der Waals surface area contributed by atoms with E-state index in [4.69, 9.17) is 12.2 Å². The van der Waals surface area contributed by atoms with Gasteiger partial charge in [-0.05, 0) is 12.2 Å². The van der Waals surface area contributed by atoms with Crippen molar-refractivity contribution in [2.45, 2.75) is 0 Å². The maximum absolute atomic E-state index is 12.0. The van der Waals surface area contributed by atoms with Crippen LogP contribution in [0.5, 0.6) is 0 Å². The fraction of sp³-hybridized carbons (Fsp3) is 0. The molecular formula is C12H7N7O2S. The largest absolute Gasteiger partial charge is 0.363 e. The molecule has 0 fully saturated rings. The average molecular weight is 313 g/mol. The van der Waals surface area contributed by atoms with Crippen LogP contribution in [0.1, 0.15) is 0 Å². The van der Waals surface area contributed by atoms with Gasteiger partial charge in [-0.1, -0.05) is 18.2 Å². The van der Waals surface area contributed by atoms with Crippen molar-refractivity contribution in [3.05, 3.63) is 43.8 Å². The van der Waals surface area contributed by atoms with E-state index < -0.39 is 11.2 Å². The van der Waals surface area contributed by atoms with Crippen molar-refractivity contribution in [1.29, 1.82) is 0 Å². The number of fused-ring (bicyclic) bond motifs is 3. The van der Waals surface area contributed by atoms with Crippen molar-refractivity contribution < 1.29 is 0 Å². The predicted molar refractivity (Wildman–Crippen MR) is 81.1 cm³/mol. The van der Waals surface area contributed by atoms with Crippen LogP contribution >= 0.6 is 12.2 Å². The van der Waals surface area contributed by atoms with E-state index in [-0.39, 0.29) is 10.5 Å². The zero-order valence-electron chi connectivity index (χ0n) is 10.8. The lowest BCUT2D eigenvalue weighted by Gasteiger charge is -2.00. The van der Waals surface area contributed by atoms with Gasteiger partial charge in [0.15, 0.2) is 16.1 Å². The van der Waals surface area contributed by atoms with Crippen molar-refractivity contribution >= 4 is 34.3 Å². The highest BCUT2D eigenvalue weighted by molar-refractivity contribution is 7.71. The van der Waals surface area contributed by atoms with Gasteiger partial charge in [-0.3, -0.25) is 14.9 Å². The Kier molecular flexibility index (Phi) is 2.53. The molecule has 22 heavy (non-hydrogen) atoms. The molecule has 0 unspecified atom stereocenters. The van der Waals surface area contributed by atoms with Crippen LogP contribution in [0.3, 0.4) is 0 Å². The van der Waals surface area contributed by atoms with Crippen molar-refractivity contribution in [2.24, 2.45) is 0 Å². The highest BCUT2D eigenvalue weighted by Gasteiger charge is 2.14. The van der Waals surface area contributed by atoms with Gasteiger partial charge in [0.05, 0.1) is 5.52 Å². The second-order valence-electron chi connectivity index (χ2n) is 4.55. The Hall–Kier alpha value is -3.14. The van der Waals surface area contributed by atoms with E-state index in [1.165, 1.54) is 0 Å². The number of hydrogen-bond acceptors (Lipinski definition) is 6. The zero-order valence-corrected chi connectivity index (χ0v) is 11.6. The van der Waals surface area contributed by atoms with Crippen LogP contribution in [-0.4, -0.2) is 35.3 Å². The molecule has 0 aliphatic heterocycles. The van der Waals surface area contributed by atoms with E-state index in [2.05, 4.69) is 35.3 Å². The summed E-state index contributed by atoms with van der Waals surface area (Å²) in [7, 11) is 0. The normalized spacial score (nSPS) is 11.3. The second-order valence-corrected chi connectivity index (χ2v) is 4.95. The average Bonchev–Trinajstić information content (AvgIpc) is 2.85. The standard InChI is InChI=1S/C12H7N7O2S/c20-10-8(17-19-12(22)15-10)5-3-1-2-4-6(5)13-9-7(4)16-18-11(21)14-9/h1-3H,(H2,13,14,18,21)(H2,15,19,20,22). The van der Waals surface area contributed by atoms with Crippen molar-refractivity contribution in [1.82, 2.24) is 35.3 Å². The van der Waals surface area contributed by atoms with Crippen molar-refractivity contribution in [3.63, 3.8) is 0 Å². The van der Waals surface area contributed by atoms with Gasteiger partial charge in [0.1, 0.15) is 5.52 Å². The zero-order chi connectivity index (χ0) is 15.3. The molecule has 0 aliphatic carbocycles. The van der Waals surface area contributed by atoms with Crippen LogP contribution in [-0.2, 0) is 0 Å². The van der Waals surface area contributed by atoms with E-state index >= 15 is 0 Å². The second kappa shape index (κ2) is 4.43. The highest BCUT2D eigenvalue weighted by atomic mass is 32.1. The molecule has 0 atom stereocenters. The summed E-state index contributed by atoms with van der Waals surface area (Å²) in [5, 5.41) is 13.5. The molecule has 0 radical (unpaired) electrons. The minimum Gasteiger partial charge on any atom is -0.337 e. The molecule has 4 N–H and O–H groups in total. The number of nitrogens with one attached hydrogen (secondary N) is 4. The lowest BCUT2D eigenvalue weighted by atomic mass is 10.1. The first-order valence-electron chi connectivity index (χ1n) is 6.20. The first kappa shape index (κ1) is 12.6. The van der Waals surface area contributed by atoms with E-state index in [1.54, 1.807) is 12.1 Å².